The molecular formula is C15H17ClN4OS. The van der Waals surface area contributed by atoms with E-state index in [1.54, 1.807) is 11.8 Å². The molecule has 22 heavy (non-hydrogen) atoms. The number of nitrogens with zero attached hydrogens (tertiary/aromatic N) is 3. The zero-order valence-electron chi connectivity index (χ0n) is 12.4. The average Bonchev–Trinajstić information content (AvgIpc) is 2.49. The minimum absolute atomic E-state index is 0.168. The Morgan fingerprint density at radius 1 is 1.32 bits per heavy atom. The third-order valence-electron chi connectivity index (χ3n) is 2.80. The van der Waals surface area contributed by atoms with Crippen molar-refractivity contribution in [3.63, 3.8) is 0 Å². The Balaban J connectivity index is 1.94. The Morgan fingerprint density at radius 3 is 2.68 bits per heavy atom. The van der Waals surface area contributed by atoms with Crippen LogP contribution in [0.25, 0.3) is 0 Å². The molecule has 5 nitrogen and oxygen atoms in total. The molecule has 2 aromatic rings. The number of carbonyl (C=O) groups is 1. The third-order valence-corrected chi connectivity index (χ3v) is 4.07. The number of hydrogen-bond acceptors (Lipinski definition) is 5. The molecule has 0 atom stereocenters. The number of rotatable bonds is 6. The molecule has 116 valence electrons. The first-order valence-electron chi connectivity index (χ1n) is 6.70. The summed E-state index contributed by atoms with van der Waals surface area (Å²) in [4.78, 5) is 23.0. The topological polar surface area (TPSA) is 58.1 Å². The molecule has 1 heterocycles. The van der Waals surface area contributed by atoms with Crippen LogP contribution in [0, 0.1) is 0 Å². The molecule has 2 rings (SSSR count). The van der Waals surface area contributed by atoms with Crippen molar-refractivity contribution < 1.29 is 4.79 Å². The van der Waals surface area contributed by atoms with Crippen molar-refractivity contribution in [3.8, 4) is 0 Å². The van der Waals surface area contributed by atoms with Gasteiger partial charge in [-0.1, -0.05) is 11.6 Å². The first-order valence-corrected chi connectivity index (χ1v) is 8.07. The van der Waals surface area contributed by atoms with Crippen molar-refractivity contribution in [1.82, 2.24) is 14.9 Å². The SMILES string of the molecule is CN(C)CCSc1ccc(NC(=O)c2ncncc2Cl)cc1. The predicted octanol–water partition coefficient (Wildman–Crippen LogP) is 3.04. The number of nitrogens with one attached hydrogen (secondary N) is 1. The largest absolute Gasteiger partial charge is 0.321 e. The van der Waals surface area contributed by atoms with Crippen molar-refractivity contribution in [2.24, 2.45) is 0 Å². The molecule has 0 aliphatic rings. The molecule has 1 aromatic heterocycles. The summed E-state index contributed by atoms with van der Waals surface area (Å²) in [6.45, 7) is 1.02. The van der Waals surface area contributed by atoms with Crippen molar-refractivity contribution in [2.75, 3.05) is 31.7 Å². The fourth-order valence-electron chi connectivity index (χ4n) is 1.65. The van der Waals surface area contributed by atoms with Gasteiger partial charge in [0.05, 0.1) is 5.02 Å². The van der Waals surface area contributed by atoms with Gasteiger partial charge in [0.25, 0.3) is 5.91 Å². The molecule has 0 saturated carbocycles. The normalized spacial score (nSPS) is 10.7. The highest BCUT2D eigenvalue weighted by Crippen LogP contribution is 2.21. The molecule has 1 N–H and O–H groups in total. The maximum absolute atomic E-state index is 12.1. The second-order valence-corrected chi connectivity index (χ2v) is 6.43. The number of aromatic nitrogens is 2. The number of carbonyl (C=O) groups excluding carboxylic acids is 1. The van der Waals surface area contributed by atoms with Crippen molar-refractivity contribution in [3.05, 3.63) is 47.5 Å². The second kappa shape index (κ2) is 8.12. The third kappa shape index (κ3) is 4.98. The van der Waals surface area contributed by atoms with Crippen LogP contribution in [0.5, 0.6) is 0 Å². The van der Waals surface area contributed by atoms with E-state index in [9.17, 15) is 4.79 Å². The average molecular weight is 337 g/mol. The molecule has 0 unspecified atom stereocenters. The number of amides is 1. The predicted molar refractivity (Wildman–Crippen MR) is 90.7 cm³/mol. The maximum atomic E-state index is 12.1. The molecule has 1 amide bonds. The summed E-state index contributed by atoms with van der Waals surface area (Å²) >= 11 is 7.68. The van der Waals surface area contributed by atoms with Crippen LogP contribution in [0.15, 0.2) is 41.7 Å². The Kier molecular flexibility index (Phi) is 6.18. The molecule has 7 heteroatoms. The Labute approximate surface area is 139 Å². The van der Waals surface area contributed by atoms with Gasteiger partial charge in [-0.2, -0.15) is 0 Å². The zero-order chi connectivity index (χ0) is 15.9. The van der Waals surface area contributed by atoms with Crippen LogP contribution in [-0.2, 0) is 0 Å². The number of halogens is 1. The Morgan fingerprint density at radius 2 is 2.05 bits per heavy atom. The van der Waals surface area contributed by atoms with Crippen LogP contribution >= 0.6 is 23.4 Å². The molecule has 0 saturated heterocycles. The molecule has 0 bridgehead atoms. The van der Waals surface area contributed by atoms with Crippen molar-refractivity contribution in [2.45, 2.75) is 4.90 Å². The Bertz CT molecular complexity index is 634. The molecule has 0 aliphatic carbocycles. The summed E-state index contributed by atoms with van der Waals surface area (Å²) in [7, 11) is 4.11. The first-order chi connectivity index (χ1) is 10.6. The van der Waals surface area contributed by atoms with E-state index in [1.165, 1.54) is 17.4 Å². The van der Waals surface area contributed by atoms with E-state index in [-0.39, 0.29) is 16.6 Å². The lowest BCUT2D eigenvalue weighted by Crippen LogP contribution is -2.15. The summed E-state index contributed by atoms with van der Waals surface area (Å²) in [5.74, 6) is 0.676. The molecular weight excluding hydrogens is 320 g/mol. The van der Waals surface area contributed by atoms with Crippen LogP contribution in [-0.4, -0.2) is 47.2 Å². The van der Waals surface area contributed by atoms with Gasteiger partial charge in [0.1, 0.15) is 12.0 Å². The summed E-state index contributed by atoms with van der Waals surface area (Å²) in [6, 6.07) is 7.70. The lowest BCUT2D eigenvalue weighted by Gasteiger charge is -2.09. The van der Waals surface area contributed by atoms with Crippen LogP contribution in [0.1, 0.15) is 10.5 Å². The van der Waals surface area contributed by atoms with Gasteiger partial charge < -0.3 is 10.2 Å². The Hall–Kier alpha value is -1.63. The van der Waals surface area contributed by atoms with Gasteiger partial charge in [-0.25, -0.2) is 9.97 Å². The monoisotopic (exact) mass is 336 g/mol. The highest BCUT2D eigenvalue weighted by atomic mass is 35.5. The molecule has 0 radical (unpaired) electrons. The van der Waals surface area contributed by atoms with Gasteiger partial charge in [0.2, 0.25) is 0 Å². The molecule has 0 aliphatic heterocycles. The fraction of sp³-hybridized carbons (Fsp3) is 0.267. The lowest BCUT2D eigenvalue weighted by molar-refractivity contribution is 0.102. The standard InChI is InChI=1S/C15H17ClN4OS/c1-20(2)7-8-22-12-5-3-11(4-6-12)19-15(21)14-13(16)9-17-10-18-14/h3-6,9-10H,7-8H2,1-2H3,(H,19,21). The van der Waals surface area contributed by atoms with Gasteiger partial charge in [0, 0.05) is 29.1 Å². The second-order valence-electron chi connectivity index (χ2n) is 4.85. The van der Waals surface area contributed by atoms with E-state index in [2.05, 4.69) is 34.3 Å². The minimum Gasteiger partial charge on any atom is -0.321 e. The van der Waals surface area contributed by atoms with E-state index >= 15 is 0 Å². The molecule has 1 aromatic carbocycles. The van der Waals surface area contributed by atoms with Crippen LogP contribution in [0.2, 0.25) is 5.02 Å². The van der Waals surface area contributed by atoms with Gasteiger partial charge in [-0.15, -0.1) is 11.8 Å². The van der Waals surface area contributed by atoms with Gasteiger partial charge in [-0.3, -0.25) is 4.79 Å². The number of hydrogen-bond donors (Lipinski definition) is 1. The number of thioether (sulfide) groups is 1. The zero-order valence-corrected chi connectivity index (χ0v) is 14.0. The van der Waals surface area contributed by atoms with E-state index in [1.807, 2.05) is 24.3 Å². The van der Waals surface area contributed by atoms with Crippen molar-refractivity contribution >= 4 is 35.0 Å². The molecule has 0 fully saturated rings. The first kappa shape index (κ1) is 16.7. The van der Waals surface area contributed by atoms with Gasteiger partial charge in [0.15, 0.2) is 0 Å². The van der Waals surface area contributed by atoms with Crippen LogP contribution in [0.3, 0.4) is 0 Å². The van der Waals surface area contributed by atoms with Gasteiger partial charge >= 0.3 is 0 Å². The minimum atomic E-state index is -0.347. The summed E-state index contributed by atoms with van der Waals surface area (Å²) in [5, 5.41) is 3.00. The van der Waals surface area contributed by atoms with Crippen LogP contribution < -0.4 is 5.32 Å². The number of anilines is 1. The fourth-order valence-corrected chi connectivity index (χ4v) is 2.86. The summed E-state index contributed by atoms with van der Waals surface area (Å²) < 4.78 is 0. The quantitative estimate of drug-likeness (QED) is 0.822. The van der Waals surface area contributed by atoms with Crippen LogP contribution in [0.4, 0.5) is 5.69 Å². The van der Waals surface area contributed by atoms with E-state index < -0.39 is 0 Å². The number of benzene rings is 1. The van der Waals surface area contributed by atoms with E-state index in [4.69, 9.17) is 11.6 Å². The summed E-state index contributed by atoms with van der Waals surface area (Å²) in [6.07, 6.45) is 2.69. The summed E-state index contributed by atoms with van der Waals surface area (Å²) in [5.41, 5.74) is 0.873. The maximum Gasteiger partial charge on any atom is 0.275 e. The lowest BCUT2D eigenvalue weighted by atomic mass is 10.3. The highest BCUT2D eigenvalue weighted by Gasteiger charge is 2.12. The molecule has 0 spiro atoms. The smallest absolute Gasteiger partial charge is 0.275 e. The van der Waals surface area contributed by atoms with E-state index in [0.29, 0.717) is 5.69 Å². The van der Waals surface area contributed by atoms with E-state index in [0.717, 1.165) is 12.3 Å². The van der Waals surface area contributed by atoms with Crippen molar-refractivity contribution in [1.29, 1.82) is 0 Å². The highest BCUT2D eigenvalue weighted by molar-refractivity contribution is 7.99. The van der Waals surface area contributed by atoms with Gasteiger partial charge in [-0.05, 0) is 38.4 Å².